The first-order valence-electron chi connectivity index (χ1n) is 8.07. The molecule has 1 fully saturated rings. The van der Waals surface area contributed by atoms with Gasteiger partial charge in [0.1, 0.15) is 16.9 Å². The number of carbonyl (C=O) groups excluding carboxylic acids is 1. The number of benzene rings is 2. The van der Waals surface area contributed by atoms with E-state index in [0.717, 1.165) is 22.8 Å². The third kappa shape index (κ3) is 3.70. The van der Waals surface area contributed by atoms with Crippen LogP contribution < -0.4 is 14.8 Å². The number of nitrogens with zero attached hydrogens (tertiary/aromatic N) is 2. The smallest absolute Gasteiger partial charge is 0.323 e. The quantitative estimate of drug-likeness (QED) is 0.886. The third-order valence-electron chi connectivity index (χ3n) is 4.10. The number of carbonyl (C=O) groups is 1. The number of nitrogens with one attached hydrogen (secondary N) is 1. The normalized spacial score (nSPS) is 16.0. The minimum atomic E-state index is -0.208. The van der Waals surface area contributed by atoms with Gasteiger partial charge in [-0.2, -0.15) is 5.26 Å². The maximum atomic E-state index is 12.8. The van der Waals surface area contributed by atoms with E-state index in [-0.39, 0.29) is 11.4 Å². The number of hydrogen-bond donors (Lipinski definition) is 1. The summed E-state index contributed by atoms with van der Waals surface area (Å²) in [6, 6.07) is 14.3. The van der Waals surface area contributed by atoms with Gasteiger partial charge in [0.05, 0.1) is 25.9 Å². The van der Waals surface area contributed by atoms with Crippen LogP contribution in [0.15, 0.2) is 42.5 Å². The predicted molar refractivity (Wildman–Crippen MR) is 102 cm³/mol. The van der Waals surface area contributed by atoms with Crippen LogP contribution in [-0.2, 0) is 0 Å². The molecule has 0 unspecified atom stereocenters. The van der Waals surface area contributed by atoms with E-state index in [2.05, 4.69) is 11.4 Å². The Kier molecular flexibility index (Phi) is 5.54. The Bertz CT molecular complexity index is 850. The highest BCUT2D eigenvalue weighted by Gasteiger charge is 2.33. The summed E-state index contributed by atoms with van der Waals surface area (Å²) in [7, 11) is 3.22. The molecule has 134 valence electrons. The summed E-state index contributed by atoms with van der Waals surface area (Å²) in [4.78, 5) is 14.6. The van der Waals surface area contributed by atoms with Crippen LogP contribution in [0.3, 0.4) is 0 Å². The molecule has 1 N–H and O–H groups in total. The fraction of sp³-hybridized carbons (Fsp3) is 0.263. The van der Waals surface area contributed by atoms with Gasteiger partial charge in [-0.15, -0.1) is 11.8 Å². The van der Waals surface area contributed by atoms with Crippen molar-refractivity contribution in [1.29, 1.82) is 5.26 Å². The Labute approximate surface area is 156 Å². The monoisotopic (exact) mass is 369 g/mol. The Morgan fingerprint density at radius 2 is 2.12 bits per heavy atom. The minimum absolute atomic E-state index is 0.167. The molecule has 1 atom stereocenters. The molecule has 0 aliphatic carbocycles. The van der Waals surface area contributed by atoms with Crippen molar-refractivity contribution in [3.8, 4) is 17.6 Å². The summed E-state index contributed by atoms with van der Waals surface area (Å²) < 4.78 is 10.8. The summed E-state index contributed by atoms with van der Waals surface area (Å²) >= 11 is 1.68. The van der Waals surface area contributed by atoms with Crippen LogP contribution in [0.2, 0.25) is 0 Å². The number of thioether (sulfide) groups is 1. The van der Waals surface area contributed by atoms with E-state index in [1.807, 2.05) is 18.2 Å². The average Bonchev–Trinajstić information content (AvgIpc) is 3.17. The van der Waals surface area contributed by atoms with Gasteiger partial charge in [0.25, 0.3) is 0 Å². The van der Waals surface area contributed by atoms with Crippen LogP contribution >= 0.6 is 11.8 Å². The fourth-order valence-corrected chi connectivity index (χ4v) is 4.10. The van der Waals surface area contributed by atoms with Crippen LogP contribution in [0.25, 0.3) is 0 Å². The van der Waals surface area contributed by atoms with Crippen LogP contribution in [-0.4, -0.2) is 37.4 Å². The van der Waals surface area contributed by atoms with Gasteiger partial charge in [-0.3, -0.25) is 0 Å². The molecule has 7 heteroatoms. The first-order chi connectivity index (χ1) is 12.7. The number of amides is 2. The van der Waals surface area contributed by atoms with E-state index in [9.17, 15) is 4.79 Å². The molecule has 2 aromatic carbocycles. The number of ether oxygens (including phenoxy) is 2. The van der Waals surface area contributed by atoms with Crippen molar-refractivity contribution in [2.75, 3.05) is 31.8 Å². The maximum absolute atomic E-state index is 12.8. The lowest BCUT2D eigenvalue weighted by Crippen LogP contribution is -2.34. The molecule has 2 amide bonds. The summed E-state index contributed by atoms with van der Waals surface area (Å²) in [5, 5.41) is 11.7. The molecule has 0 spiro atoms. The highest BCUT2D eigenvalue weighted by atomic mass is 32.2. The van der Waals surface area contributed by atoms with E-state index in [1.54, 1.807) is 55.1 Å². The second-order valence-corrected chi connectivity index (χ2v) is 6.84. The van der Waals surface area contributed by atoms with Gasteiger partial charge in [0.15, 0.2) is 0 Å². The van der Waals surface area contributed by atoms with Crippen LogP contribution in [0, 0.1) is 11.3 Å². The SMILES string of the molecule is COc1ccc(OC)c([C@@H]2SCCN2C(=O)Nc2cccc(C#N)c2)c1. The number of urea groups is 1. The third-order valence-corrected chi connectivity index (χ3v) is 5.34. The molecular weight excluding hydrogens is 350 g/mol. The van der Waals surface area contributed by atoms with Crippen molar-refractivity contribution in [2.45, 2.75) is 5.37 Å². The van der Waals surface area contributed by atoms with Crippen LogP contribution in [0.1, 0.15) is 16.5 Å². The Morgan fingerprint density at radius 1 is 1.27 bits per heavy atom. The molecule has 0 aromatic heterocycles. The lowest BCUT2D eigenvalue weighted by Gasteiger charge is -2.26. The van der Waals surface area contributed by atoms with Crippen molar-refractivity contribution in [3.63, 3.8) is 0 Å². The fourth-order valence-electron chi connectivity index (χ4n) is 2.83. The average molecular weight is 369 g/mol. The lowest BCUT2D eigenvalue weighted by atomic mass is 10.1. The van der Waals surface area contributed by atoms with E-state index < -0.39 is 0 Å². The van der Waals surface area contributed by atoms with Crippen LogP contribution in [0.5, 0.6) is 11.5 Å². The maximum Gasteiger partial charge on any atom is 0.323 e. The van der Waals surface area contributed by atoms with Crippen molar-refractivity contribution in [3.05, 3.63) is 53.6 Å². The van der Waals surface area contributed by atoms with Crippen molar-refractivity contribution >= 4 is 23.5 Å². The molecule has 0 saturated carbocycles. The molecule has 3 rings (SSSR count). The molecule has 0 radical (unpaired) electrons. The van der Waals surface area contributed by atoms with Crippen molar-refractivity contribution < 1.29 is 14.3 Å². The minimum Gasteiger partial charge on any atom is -0.497 e. The zero-order valence-corrected chi connectivity index (χ0v) is 15.4. The van der Waals surface area contributed by atoms with Gasteiger partial charge < -0.3 is 19.7 Å². The zero-order valence-electron chi connectivity index (χ0n) is 14.6. The number of rotatable bonds is 4. The van der Waals surface area contributed by atoms with E-state index in [1.165, 1.54) is 0 Å². The molecule has 1 aliphatic rings. The Balaban J connectivity index is 1.84. The molecule has 1 heterocycles. The highest BCUT2D eigenvalue weighted by molar-refractivity contribution is 7.99. The number of methoxy groups -OCH3 is 2. The number of anilines is 1. The van der Waals surface area contributed by atoms with Gasteiger partial charge in [-0.25, -0.2) is 4.79 Å². The molecule has 0 bridgehead atoms. The second kappa shape index (κ2) is 8.02. The van der Waals surface area contributed by atoms with Crippen LogP contribution in [0.4, 0.5) is 10.5 Å². The standard InChI is InChI=1S/C19H19N3O3S/c1-24-15-6-7-17(25-2)16(11-15)18-22(8-9-26-18)19(23)21-14-5-3-4-13(10-14)12-20/h3-7,10-11,18H,8-9H2,1-2H3,(H,21,23)/t18-/m0/s1. The summed E-state index contributed by atoms with van der Waals surface area (Å²) in [6.45, 7) is 0.624. The summed E-state index contributed by atoms with van der Waals surface area (Å²) in [5.74, 6) is 2.27. The Morgan fingerprint density at radius 3 is 2.85 bits per heavy atom. The van der Waals surface area contributed by atoms with Gasteiger partial charge in [-0.05, 0) is 36.4 Å². The van der Waals surface area contributed by atoms with Gasteiger partial charge >= 0.3 is 6.03 Å². The summed E-state index contributed by atoms with van der Waals surface area (Å²) in [6.07, 6.45) is 0. The van der Waals surface area contributed by atoms with Crippen molar-refractivity contribution in [1.82, 2.24) is 4.90 Å². The molecule has 2 aromatic rings. The first-order valence-corrected chi connectivity index (χ1v) is 9.12. The molecule has 1 aliphatic heterocycles. The van der Waals surface area contributed by atoms with E-state index >= 15 is 0 Å². The van der Waals surface area contributed by atoms with E-state index in [4.69, 9.17) is 14.7 Å². The van der Waals surface area contributed by atoms with Gasteiger partial charge in [0.2, 0.25) is 0 Å². The molecule has 1 saturated heterocycles. The number of hydrogen-bond acceptors (Lipinski definition) is 5. The first kappa shape index (κ1) is 18.0. The van der Waals surface area contributed by atoms with E-state index in [0.29, 0.717) is 17.8 Å². The molecule has 6 nitrogen and oxygen atoms in total. The highest BCUT2D eigenvalue weighted by Crippen LogP contribution is 2.43. The topological polar surface area (TPSA) is 74.6 Å². The number of nitriles is 1. The lowest BCUT2D eigenvalue weighted by molar-refractivity contribution is 0.213. The predicted octanol–water partition coefficient (Wildman–Crippen LogP) is 3.85. The van der Waals surface area contributed by atoms with Gasteiger partial charge in [-0.1, -0.05) is 6.07 Å². The van der Waals surface area contributed by atoms with Crippen molar-refractivity contribution in [2.24, 2.45) is 0 Å². The second-order valence-electron chi connectivity index (χ2n) is 5.65. The summed E-state index contributed by atoms with van der Waals surface area (Å²) in [5.41, 5.74) is 2.00. The van der Waals surface area contributed by atoms with Gasteiger partial charge in [0, 0.05) is 23.5 Å². The molecule has 26 heavy (non-hydrogen) atoms. The zero-order chi connectivity index (χ0) is 18.5. The largest absolute Gasteiger partial charge is 0.497 e. The Hall–Kier alpha value is -2.85. The molecular formula is C19H19N3O3S.